The number of rotatable bonds is 4. The van der Waals surface area contributed by atoms with Crippen LogP contribution in [-0.2, 0) is 23.1 Å². The van der Waals surface area contributed by atoms with Crippen molar-refractivity contribution in [2.45, 2.75) is 44.6 Å². The Balaban J connectivity index is 1.87. The summed E-state index contributed by atoms with van der Waals surface area (Å²) < 4.78 is 1.23. The van der Waals surface area contributed by atoms with Crippen LogP contribution in [0.5, 0.6) is 0 Å². The molecule has 1 heterocycles. The highest BCUT2D eigenvalue weighted by Crippen LogP contribution is 2.34. The molecule has 2 atom stereocenters. The molecule has 0 aliphatic heterocycles. The molecule has 1 saturated carbocycles. The molecule has 1 aromatic carbocycles. The van der Waals surface area contributed by atoms with Crippen molar-refractivity contribution in [2.75, 3.05) is 0 Å². The Labute approximate surface area is 151 Å². The molecule has 2 N–H and O–H groups in total. The average molecular weight is 357 g/mol. The number of aromatic nitrogens is 2. The smallest absolute Gasteiger partial charge is 0.308 e. The minimum atomic E-state index is -0.877. The van der Waals surface area contributed by atoms with Crippen molar-refractivity contribution in [3.63, 3.8) is 0 Å². The number of nitrogens with one attached hydrogen (secondary N) is 1. The van der Waals surface area contributed by atoms with Crippen molar-refractivity contribution in [2.24, 2.45) is 13.0 Å². The third-order valence-electron chi connectivity index (χ3n) is 5.29. The van der Waals surface area contributed by atoms with Gasteiger partial charge in [-0.05, 0) is 25.8 Å². The monoisotopic (exact) mass is 357 g/mol. The van der Waals surface area contributed by atoms with Crippen LogP contribution < -0.4 is 10.9 Å². The average Bonchev–Trinajstić information content (AvgIpc) is 2.59. The largest absolute Gasteiger partial charge is 0.481 e. The number of carboxylic acid groups (broad SMARTS) is 1. The zero-order chi connectivity index (χ0) is 18.9. The second kappa shape index (κ2) is 6.90. The molecule has 1 aliphatic rings. The van der Waals surface area contributed by atoms with E-state index >= 15 is 0 Å². The van der Waals surface area contributed by atoms with E-state index in [9.17, 15) is 19.5 Å². The number of aliphatic carboxylic acids is 1. The van der Waals surface area contributed by atoms with Gasteiger partial charge in [0.15, 0.2) is 0 Å². The van der Waals surface area contributed by atoms with Crippen LogP contribution in [0.15, 0.2) is 29.1 Å². The predicted molar refractivity (Wildman–Crippen MR) is 96.8 cm³/mol. The van der Waals surface area contributed by atoms with Gasteiger partial charge in [-0.25, -0.2) is 4.68 Å². The highest BCUT2D eigenvalue weighted by Gasteiger charge is 2.42. The molecule has 26 heavy (non-hydrogen) atoms. The number of aryl methyl sites for hydroxylation is 1. The Bertz CT molecular complexity index is 921. The van der Waals surface area contributed by atoms with Gasteiger partial charge < -0.3 is 10.4 Å². The SMILES string of the molecule is Cn1nc(CC(=O)NC2(C)CCCCC2C(=O)O)c2ccccc2c1=O. The summed E-state index contributed by atoms with van der Waals surface area (Å²) in [4.78, 5) is 36.4. The molecule has 0 saturated heterocycles. The number of carbonyl (C=O) groups excluding carboxylic acids is 1. The summed E-state index contributed by atoms with van der Waals surface area (Å²) in [6.07, 6.45) is 2.94. The van der Waals surface area contributed by atoms with Crippen molar-refractivity contribution >= 4 is 22.6 Å². The van der Waals surface area contributed by atoms with Gasteiger partial charge in [-0.2, -0.15) is 5.10 Å². The molecule has 0 radical (unpaired) electrons. The van der Waals surface area contributed by atoms with Crippen LogP contribution in [0.2, 0.25) is 0 Å². The summed E-state index contributed by atoms with van der Waals surface area (Å²) in [6.45, 7) is 1.80. The maximum atomic E-state index is 12.7. The molecule has 0 spiro atoms. The van der Waals surface area contributed by atoms with Crippen molar-refractivity contribution in [3.8, 4) is 0 Å². The Kier molecular flexibility index (Phi) is 4.80. The fourth-order valence-electron chi connectivity index (χ4n) is 3.90. The van der Waals surface area contributed by atoms with Gasteiger partial charge in [0.25, 0.3) is 5.56 Å². The molecule has 0 bridgehead atoms. The van der Waals surface area contributed by atoms with Crippen LogP contribution in [0.25, 0.3) is 10.8 Å². The predicted octanol–water partition coefficient (Wildman–Crippen LogP) is 1.63. The van der Waals surface area contributed by atoms with Gasteiger partial charge in [-0.15, -0.1) is 0 Å². The van der Waals surface area contributed by atoms with E-state index in [0.29, 0.717) is 29.3 Å². The van der Waals surface area contributed by atoms with Crippen molar-refractivity contribution < 1.29 is 14.7 Å². The van der Waals surface area contributed by atoms with E-state index in [-0.39, 0.29) is 17.9 Å². The lowest BCUT2D eigenvalue weighted by atomic mass is 9.74. The normalized spacial score (nSPS) is 22.9. The van der Waals surface area contributed by atoms with Crippen molar-refractivity contribution in [3.05, 3.63) is 40.3 Å². The molecule has 2 unspecified atom stereocenters. The Morgan fingerprint density at radius 1 is 1.31 bits per heavy atom. The number of hydrogen-bond donors (Lipinski definition) is 2. The molecule has 1 fully saturated rings. The first-order valence-corrected chi connectivity index (χ1v) is 8.80. The lowest BCUT2D eigenvalue weighted by Crippen LogP contribution is -2.55. The number of fused-ring (bicyclic) bond motifs is 1. The van der Waals surface area contributed by atoms with Crippen LogP contribution in [0.4, 0.5) is 0 Å². The lowest BCUT2D eigenvalue weighted by molar-refractivity contribution is -0.146. The molecule has 3 rings (SSSR count). The molecule has 1 aromatic heterocycles. The number of nitrogens with zero attached hydrogens (tertiary/aromatic N) is 2. The van der Waals surface area contributed by atoms with Gasteiger partial charge >= 0.3 is 5.97 Å². The number of carboxylic acids is 1. The van der Waals surface area contributed by atoms with E-state index in [1.807, 2.05) is 0 Å². The third-order valence-corrected chi connectivity index (χ3v) is 5.29. The first kappa shape index (κ1) is 18.1. The number of hydrogen-bond acceptors (Lipinski definition) is 4. The van der Waals surface area contributed by atoms with Crippen molar-refractivity contribution in [1.82, 2.24) is 15.1 Å². The number of benzene rings is 1. The van der Waals surface area contributed by atoms with Crippen LogP contribution in [-0.4, -0.2) is 32.3 Å². The Hall–Kier alpha value is -2.70. The Morgan fingerprint density at radius 2 is 2.00 bits per heavy atom. The standard InChI is InChI=1S/C19H23N3O4/c1-19(10-6-5-9-14(19)18(25)26)20-16(23)11-15-12-7-3-4-8-13(12)17(24)22(2)21-15/h3-4,7-8,14H,5-6,9-11H2,1-2H3,(H,20,23)(H,25,26). The van der Waals surface area contributed by atoms with Crippen molar-refractivity contribution in [1.29, 1.82) is 0 Å². The van der Waals surface area contributed by atoms with Gasteiger partial charge in [0.2, 0.25) is 5.91 Å². The van der Waals surface area contributed by atoms with Gasteiger partial charge in [0, 0.05) is 12.4 Å². The third kappa shape index (κ3) is 3.34. The van der Waals surface area contributed by atoms with Gasteiger partial charge in [0.05, 0.1) is 29.0 Å². The molecule has 1 aliphatic carbocycles. The summed E-state index contributed by atoms with van der Waals surface area (Å²) in [5.74, 6) is -1.75. The molecule has 7 nitrogen and oxygen atoms in total. The molecule has 1 amide bonds. The maximum absolute atomic E-state index is 12.7. The zero-order valence-electron chi connectivity index (χ0n) is 15.0. The number of carbonyl (C=O) groups is 2. The Morgan fingerprint density at radius 3 is 2.69 bits per heavy atom. The van der Waals surface area contributed by atoms with E-state index in [4.69, 9.17) is 0 Å². The quantitative estimate of drug-likeness (QED) is 0.866. The second-order valence-electron chi connectivity index (χ2n) is 7.20. The first-order chi connectivity index (χ1) is 12.3. The van der Waals surface area contributed by atoms with E-state index in [1.54, 1.807) is 38.2 Å². The fourth-order valence-corrected chi connectivity index (χ4v) is 3.90. The van der Waals surface area contributed by atoms with Crippen LogP contribution in [0.3, 0.4) is 0 Å². The summed E-state index contributed by atoms with van der Waals surface area (Å²) in [7, 11) is 1.55. The van der Waals surface area contributed by atoms with E-state index in [2.05, 4.69) is 10.4 Å². The van der Waals surface area contributed by atoms with Gasteiger partial charge in [-0.1, -0.05) is 31.0 Å². The zero-order valence-corrected chi connectivity index (χ0v) is 15.0. The minimum absolute atomic E-state index is 0.00341. The molecule has 138 valence electrons. The first-order valence-electron chi connectivity index (χ1n) is 8.80. The van der Waals surface area contributed by atoms with Crippen LogP contribution in [0.1, 0.15) is 38.3 Å². The minimum Gasteiger partial charge on any atom is -0.481 e. The van der Waals surface area contributed by atoms with E-state index in [1.165, 1.54) is 4.68 Å². The van der Waals surface area contributed by atoms with Crippen LogP contribution >= 0.6 is 0 Å². The molecular formula is C19H23N3O4. The highest BCUT2D eigenvalue weighted by atomic mass is 16.4. The lowest BCUT2D eigenvalue weighted by Gasteiger charge is -2.39. The van der Waals surface area contributed by atoms with Gasteiger partial charge in [-0.3, -0.25) is 14.4 Å². The summed E-state index contributed by atoms with van der Waals surface area (Å²) in [5, 5.41) is 17.8. The highest BCUT2D eigenvalue weighted by molar-refractivity contribution is 5.89. The summed E-state index contributed by atoms with van der Waals surface area (Å²) in [6, 6.07) is 7.06. The molecule has 7 heteroatoms. The summed E-state index contributed by atoms with van der Waals surface area (Å²) >= 11 is 0. The fraction of sp³-hybridized carbons (Fsp3) is 0.474. The molecular weight excluding hydrogens is 334 g/mol. The van der Waals surface area contributed by atoms with Crippen LogP contribution in [0, 0.1) is 5.92 Å². The number of amides is 1. The van der Waals surface area contributed by atoms with Gasteiger partial charge in [0.1, 0.15) is 0 Å². The topological polar surface area (TPSA) is 101 Å². The van der Waals surface area contributed by atoms with E-state index < -0.39 is 17.4 Å². The molecule has 2 aromatic rings. The summed E-state index contributed by atoms with van der Waals surface area (Å²) in [5.41, 5.74) is -0.473. The maximum Gasteiger partial charge on any atom is 0.308 e. The van der Waals surface area contributed by atoms with E-state index in [0.717, 1.165) is 12.8 Å². The second-order valence-corrected chi connectivity index (χ2v) is 7.20.